The predicted octanol–water partition coefficient (Wildman–Crippen LogP) is 3.08. The highest BCUT2D eigenvalue weighted by Crippen LogP contribution is 2.32. The topological polar surface area (TPSA) is 32.3 Å². The predicted molar refractivity (Wildman–Crippen MR) is 81.1 cm³/mol. The third kappa shape index (κ3) is 3.38. The molecule has 1 aliphatic carbocycles. The number of nitrogens with zero attached hydrogens (tertiary/aromatic N) is 1. The maximum atomic E-state index is 14.0. The maximum absolute atomic E-state index is 14.0. The maximum Gasteiger partial charge on any atom is 0.258 e. The van der Waals surface area contributed by atoms with Crippen molar-refractivity contribution in [3.63, 3.8) is 0 Å². The summed E-state index contributed by atoms with van der Waals surface area (Å²) in [5, 5.41) is 3.56. The quantitative estimate of drug-likeness (QED) is 0.927. The number of nitrogens with one attached hydrogen (secondary N) is 1. The van der Waals surface area contributed by atoms with Gasteiger partial charge in [0.05, 0.1) is 10.6 Å². The Morgan fingerprint density at radius 3 is 2.81 bits per heavy atom. The summed E-state index contributed by atoms with van der Waals surface area (Å²) in [6, 6.07) is 4.66. The number of carbonyl (C=O) groups is 1. The Hall–Kier alpha value is -1.13. The average Bonchev–Trinajstić information content (AvgIpc) is 3.30. The monoisotopic (exact) mass is 310 g/mol. The van der Waals surface area contributed by atoms with Crippen LogP contribution in [0.3, 0.4) is 0 Å². The molecular weight excluding hydrogens is 291 g/mol. The zero-order valence-electron chi connectivity index (χ0n) is 11.9. The molecule has 1 unspecified atom stereocenters. The van der Waals surface area contributed by atoms with Gasteiger partial charge < -0.3 is 10.2 Å². The van der Waals surface area contributed by atoms with Gasteiger partial charge in [0.1, 0.15) is 5.82 Å². The van der Waals surface area contributed by atoms with Crippen LogP contribution in [0.25, 0.3) is 0 Å². The first-order chi connectivity index (χ1) is 10.2. The molecule has 1 aromatic carbocycles. The normalized spacial score (nSPS) is 22.1. The van der Waals surface area contributed by atoms with E-state index in [0.29, 0.717) is 12.5 Å². The van der Waals surface area contributed by atoms with Crippen molar-refractivity contribution in [2.24, 2.45) is 5.92 Å². The summed E-state index contributed by atoms with van der Waals surface area (Å²) in [4.78, 5) is 14.6. The molecule has 1 aliphatic heterocycles. The fraction of sp³-hybridized carbons (Fsp3) is 0.562. The fourth-order valence-electron chi connectivity index (χ4n) is 2.99. The first kappa shape index (κ1) is 14.8. The molecule has 3 rings (SSSR count). The third-order valence-electron chi connectivity index (χ3n) is 4.28. The van der Waals surface area contributed by atoms with Gasteiger partial charge in [0, 0.05) is 12.6 Å². The molecule has 114 valence electrons. The van der Waals surface area contributed by atoms with Crippen molar-refractivity contribution in [3.8, 4) is 0 Å². The van der Waals surface area contributed by atoms with E-state index in [1.54, 1.807) is 6.07 Å². The molecule has 3 nitrogen and oxygen atoms in total. The van der Waals surface area contributed by atoms with Gasteiger partial charge in [-0.25, -0.2) is 4.39 Å². The van der Waals surface area contributed by atoms with Crippen molar-refractivity contribution < 1.29 is 9.18 Å². The molecule has 1 saturated heterocycles. The van der Waals surface area contributed by atoms with E-state index in [2.05, 4.69) is 5.32 Å². The first-order valence-corrected chi connectivity index (χ1v) is 8.00. The minimum absolute atomic E-state index is 0.0230. The number of benzene rings is 1. The lowest BCUT2D eigenvalue weighted by atomic mass is 9.98. The van der Waals surface area contributed by atoms with Crippen molar-refractivity contribution in [1.29, 1.82) is 0 Å². The Morgan fingerprint density at radius 2 is 2.19 bits per heavy atom. The number of amides is 1. The summed E-state index contributed by atoms with van der Waals surface area (Å²) in [6.07, 6.45) is 4.28. The van der Waals surface area contributed by atoms with E-state index in [0.717, 1.165) is 38.8 Å². The summed E-state index contributed by atoms with van der Waals surface area (Å²) >= 11 is 6.04. The minimum Gasteiger partial charge on any atom is -0.335 e. The second-order valence-electron chi connectivity index (χ2n) is 6.00. The van der Waals surface area contributed by atoms with E-state index in [-0.39, 0.29) is 22.5 Å². The van der Waals surface area contributed by atoms with Gasteiger partial charge >= 0.3 is 0 Å². The van der Waals surface area contributed by atoms with Crippen molar-refractivity contribution >= 4 is 17.5 Å². The van der Waals surface area contributed by atoms with Gasteiger partial charge in [0.25, 0.3) is 5.91 Å². The molecule has 0 radical (unpaired) electrons. The Labute approximate surface area is 129 Å². The van der Waals surface area contributed by atoms with Crippen LogP contribution in [0.2, 0.25) is 5.02 Å². The zero-order valence-corrected chi connectivity index (χ0v) is 12.7. The Bertz CT molecular complexity index is 507. The second-order valence-corrected chi connectivity index (χ2v) is 6.40. The molecule has 1 aromatic rings. The molecule has 1 saturated carbocycles. The van der Waals surface area contributed by atoms with E-state index in [1.165, 1.54) is 12.1 Å². The summed E-state index contributed by atoms with van der Waals surface area (Å²) in [5.41, 5.74) is 0.0230. The van der Waals surface area contributed by atoms with Crippen molar-refractivity contribution in [3.05, 3.63) is 34.6 Å². The molecule has 2 fully saturated rings. The number of piperidine rings is 1. The smallest absolute Gasteiger partial charge is 0.258 e. The largest absolute Gasteiger partial charge is 0.335 e. The van der Waals surface area contributed by atoms with Crippen molar-refractivity contribution in [2.75, 3.05) is 19.6 Å². The number of carbonyl (C=O) groups excluding carboxylic acids is 1. The van der Waals surface area contributed by atoms with Gasteiger partial charge in [-0.15, -0.1) is 0 Å². The summed E-state index contributed by atoms with van der Waals surface area (Å²) in [7, 11) is 0. The third-order valence-corrected chi connectivity index (χ3v) is 4.59. The van der Waals surface area contributed by atoms with Crippen LogP contribution in [0.15, 0.2) is 18.2 Å². The van der Waals surface area contributed by atoms with E-state index in [1.807, 2.05) is 4.90 Å². The molecule has 1 atom stereocenters. The van der Waals surface area contributed by atoms with Gasteiger partial charge in [0.2, 0.25) is 0 Å². The number of hydrogen-bond acceptors (Lipinski definition) is 2. The molecule has 1 amide bonds. The van der Waals surface area contributed by atoms with Crippen LogP contribution < -0.4 is 5.32 Å². The Morgan fingerprint density at radius 1 is 1.38 bits per heavy atom. The van der Waals surface area contributed by atoms with Gasteiger partial charge in [0.15, 0.2) is 0 Å². The van der Waals surface area contributed by atoms with E-state index in [9.17, 15) is 9.18 Å². The van der Waals surface area contributed by atoms with Crippen LogP contribution in [0.1, 0.15) is 36.0 Å². The Kier molecular flexibility index (Phi) is 4.45. The molecule has 0 spiro atoms. The molecule has 1 N–H and O–H groups in total. The van der Waals surface area contributed by atoms with Crippen LogP contribution >= 0.6 is 11.6 Å². The lowest BCUT2D eigenvalue weighted by Gasteiger charge is -2.30. The molecular formula is C16H20ClFN2O. The van der Waals surface area contributed by atoms with Crippen LogP contribution in [-0.4, -0.2) is 36.5 Å². The lowest BCUT2D eigenvalue weighted by Crippen LogP contribution is -2.42. The van der Waals surface area contributed by atoms with Crippen LogP contribution in [0.5, 0.6) is 0 Å². The average molecular weight is 311 g/mol. The second kappa shape index (κ2) is 6.32. The fourth-order valence-corrected chi connectivity index (χ4v) is 3.23. The lowest BCUT2D eigenvalue weighted by molar-refractivity contribution is 0.0699. The zero-order chi connectivity index (χ0) is 14.8. The van der Waals surface area contributed by atoms with Crippen molar-refractivity contribution in [2.45, 2.75) is 31.7 Å². The standard InChI is InChI=1S/C16H20ClFN2O/c17-13-4-1-5-14(18)15(13)16(21)20(12-6-7-12)10-11-3-2-8-19-9-11/h1,4-5,11-12,19H,2-3,6-10H2. The van der Waals surface area contributed by atoms with Crippen molar-refractivity contribution in [1.82, 2.24) is 10.2 Å². The van der Waals surface area contributed by atoms with Gasteiger partial charge in [-0.3, -0.25) is 4.79 Å². The van der Waals surface area contributed by atoms with Crippen LogP contribution in [-0.2, 0) is 0 Å². The number of hydrogen-bond donors (Lipinski definition) is 1. The van der Waals surface area contributed by atoms with E-state index >= 15 is 0 Å². The molecule has 5 heteroatoms. The summed E-state index contributed by atoms with van der Waals surface area (Å²) in [6.45, 7) is 2.68. The number of rotatable bonds is 4. The highest BCUT2D eigenvalue weighted by molar-refractivity contribution is 6.33. The molecule has 0 aromatic heterocycles. The first-order valence-electron chi connectivity index (χ1n) is 7.62. The minimum atomic E-state index is -0.528. The van der Waals surface area contributed by atoms with Crippen LogP contribution in [0, 0.1) is 11.7 Å². The van der Waals surface area contributed by atoms with Crippen LogP contribution in [0.4, 0.5) is 4.39 Å². The SMILES string of the molecule is O=C(c1c(F)cccc1Cl)N(CC1CCCNC1)C1CC1. The molecule has 0 bridgehead atoms. The summed E-state index contributed by atoms with van der Waals surface area (Å²) in [5.74, 6) is -0.333. The van der Waals surface area contributed by atoms with E-state index < -0.39 is 5.82 Å². The van der Waals surface area contributed by atoms with Gasteiger partial charge in [-0.1, -0.05) is 17.7 Å². The Balaban J connectivity index is 1.78. The van der Waals surface area contributed by atoms with Gasteiger partial charge in [-0.2, -0.15) is 0 Å². The van der Waals surface area contributed by atoms with Gasteiger partial charge in [-0.05, 0) is 56.8 Å². The van der Waals surface area contributed by atoms with E-state index in [4.69, 9.17) is 11.6 Å². The summed E-state index contributed by atoms with van der Waals surface area (Å²) < 4.78 is 14.0. The molecule has 21 heavy (non-hydrogen) atoms. The molecule has 2 aliphatic rings. The molecule has 1 heterocycles. The highest BCUT2D eigenvalue weighted by atomic mass is 35.5. The number of halogens is 2. The highest BCUT2D eigenvalue weighted by Gasteiger charge is 2.36.